The van der Waals surface area contributed by atoms with E-state index in [1.54, 1.807) is 18.6 Å². The zero-order valence-corrected chi connectivity index (χ0v) is 18.7. The van der Waals surface area contributed by atoms with E-state index in [1.807, 2.05) is 43.0 Å². The highest BCUT2D eigenvalue weighted by Gasteiger charge is 2.22. The van der Waals surface area contributed by atoms with Crippen LogP contribution in [0, 0.1) is 12.7 Å². The van der Waals surface area contributed by atoms with Gasteiger partial charge in [0.05, 0.1) is 0 Å². The maximum Gasteiger partial charge on any atom is 0.207 e. The summed E-state index contributed by atoms with van der Waals surface area (Å²) in [5.74, 6) is 0.463. The van der Waals surface area contributed by atoms with Crippen LogP contribution in [-0.4, -0.2) is 45.6 Å². The number of fused-ring (bicyclic) bond motifs is 1. The van der Waals surface area contributed by atoms with Crippen molar-refractivity contribution < 1.29 is 4.39 Å². The topological polar surface area (TPSA) is 91.5 Å². The van der Waals surface area contributed by atoms with Gasteiger partial charge in [-0.1, -0.05) is 6.07 Å². The standard InChI is InChI=1S/C24H25FN8/c1-16(12-29-22(26-3)18-6-9-27-17(2)11-18)13-30-23-21(25)24(32-15-31-23)33-10-7-20-19(14-33)5-4-8-28-20/h4-6,8-9,11-12,15H,3,7,10,13-14H2,1-2H3,(H,30,31,32)/b16-12+,29-22-. The number of hydrogen-bond donors (Lipinski definition) is 1. The summed E-state index contributed by atoms with van der Waals surface area (Å²) in [5, 5.41) is 3.04. The van der Waals surface area contributed by atoms with Crippen molar-refractivity contribution in [3.05, 3.63) is 83.1 Å². The van der Waals surface area contributed by atoms with Crippen LogP contribution in [0.4, 0.5) is 16.0 Å². The number of anilines is 2. The number of aryl methyl sites for hydroxylation is 1. The maximum absolute atomic E-state index is 15.2. The Hall–Kier alpha value is -4.01. The van der Waals surface area contributed by atoms with Crippen molar-refractivity contribution in [3.8, 4) is 0 Å². The van der Waals surface area contributed by atoms with Crippen LogP contribution in [0.15, 0.2) is 64.7 Å². The van der Waals surface area contributed by atoms with Crippen LogP contribution in [0.25, 0.3) is 0 Å². The second kappa shape index (κ2) is 10.1. The molecular formula is C24H25FN8. The van der Waals surface area contributed by atoms with Gasteiger partial charge in [0.2, 0.25) is 5.82 Å². The van der Waals surface area contributed by atoms with E-state index >= 15 is 4.39 Å². The molecule has 0 spiro atoms. The lowest BCUT2D eigenvalue weighted by Gasteiger charge is -2.29. The molecule has 0 amide bonds. The molecule has 1 aliphatic rings. The van der Waals surface area contributed by atoms with Gasteiger partial charge in [-0.15, -0.1) is 0 Å². The molecule has 33 heavy (non-hydrogen) atoms. The minimum Gasteiger partial charge on any atom is -0.364 e. The minimum atomic E-state index is -0.471. The predicted molar refractivity (Wildman–Crippen MR) is 128 cm³/mol. The van der Waals surface area contributed by atoms with E-state index in [4.69, 9.17) is 0 Å². The van der Waals surface area contributed by atoms with Crippen LogP contribution < -0.4 is 10.2 Å². The fourth-order valence-electron chi connectivity index (χ4n) is 3.58. The monoisotopic (exact) mass is 444 g/mol. The summed E-state index contributed by atoms with van der Waals surface area (Å²) in [7, 11) is 0. The summed E-state index contributed by atoms with van der Waals surface area (Å²) in [5.41, 5.74) is 4.72. The Morgan fingerprint density at radius 3 is 2.94 bits per heavy atom. The SMILES string of the molecule is C=N/C(=N\C=C(/C)CNc1ncnc(N2CCc3ncccc3C2)c1F)c1ccnc(C)c1. The van der Waals surface area contributed by atoms with Crippen LogP contribution in [-0.2, 0) is 13.0 Å². The Kier molecular flexibility index (Phi) is 6.77. The molecule has 4 heterocycles. The molecule has 0 aromatic carbocycles. The maximum atomic E-state index is 15.2. The number of aliphatic imine (C=N–C) groups is 2. The van der Waals surface area contributed by atoms with Gasteiger partial charge in [-0.25, -0.2) is 20.0 Å². The first-order valence-corrected chi connectivity index (χ1v) is 10.6. The first-order valence-electron chi connectivity index (χ1n) is 10.6. The van der Waals surface area contributed by atoms with Crippen LogP contribution in [0.2, 0.25) is 0 Å². The Bertz CT molecular complexity index is 1220. The lowest BCUT2D eigenvalue weighted by molar-refractivity contribution is 0.595. The van der Waals surface area contributed by atoms with Crippen molar-refractivity contribution in [3.63, 3.8) is 0 Å². The van der Waals surface area contributed by atoms with E-state index in [2.05, 4.69) is 42.0 Å². The summed E-state index contributed by atoms with van der Waals surface area (Å²) in [6.07, 6.45) is 7.30. The van der Waals surface area contributed by atoms with E-state index < -0.39 is 5.82 Å². The first kappa shape index (κ1) is 22.2. The zero-order chi connectivity index (χ0) is 23.2. The molecule has 1 aliphatic heterocycles. The average molecular weight is 445 g/mol. The molecule has 4 rings (SSSR count). The predicted octanol–water partition coefficient (Wildman–Crippen LogP) is 3.74. The molecule has 0 bridgehead atoms. The van der Waals surface area contributed by atoms with Gasteiger partial charge in [-0.3, -0.25) is 9.97 Å². The number of nitrogens with zero attached hydrogens (tertiary/aromatic N) is 7. The molecule has 0 atom stereocenters. The van der Waals surface area contributed by atoms with Crippen molar-refractivity contribution in [1.29, 1.82) is 0 Å². The van der Waals surface area contributed by atoms with Crippen molar-refractivity contribution >= 4 is 24.2 Å². The second-order valence-electron chi connectivity index (χ2n) is 7.77. The van der Waals surface area contributed by atoms with E-state index in [-0.39, 0.29) is 11.6 Å². The lowest BCUT2D eigenvalue weighted by Crippen LogP contribution is -2.32. The van der Waals surface area contributed by atoms with Crippen molar-refractivity contribution in [2.75, 3.05) is 23.3 Å². The molecule has 3 aromatic rings. The van der Waals surface area contributed by atoms with Crippen LogP contribution >= 0.6 is 0 Å². The molecule has 0 fully saturated rings. The van der Waals surface area contributed by atoms with E-state index in [0.717, 1.165) is 34.5 Å². The van der Waals surface area contributed by atoms with Crippen molar-refractivity contribution in [2.45, 2.75) is 26.8 Å². The number of halogens is 1. The summed E-state index contributed by atoms with van der Waals surface area (Å²) >= 11 is 0. The smallest absolute Gasteiger partial charge is 0.207 e. The molecular weight excluding hydrogens is 419 g/mol. The number of pyridine rings is 2. The molecule has 3 aromatic heterocycles. The molecule has 8 nitrogen and oxygen atoms in total. The third-order valence-electron chi connectivity index (χ3n) is 5.28. The highest BCUT2D eigenvalue weighted by atomic mass is 19.1. The minimum absolute atomic E-state index is 0.153. The highest BCUT2D eigenvalue weighted by Crippen LogP contribution is 2.26. The van der Waals surface area contributed by atoms with Crippen molar-refractivity contribution in [1.82, 2.24) is 19.9 Å². The van der Waals surface area contributed by atoms with Gasteiger partial charge < -0.3 is 10.2 Å². The molecule has 0 saturated heterocycles. The van der Waals surface area contributed by atoms with Gasteiger partial charge in [-0.05, 0) is 49.9 Å². The normalized spacial score (nSPS) is 14.1. The molecule has 9 heteroatoms. The fourth-order valence-corrected chi connectivity index (χ4v) is 3.58. The quantitative estimate of drug-likeness (QED) is 0.460. The first-order chi connectivity index (χ1) is 16.0. The lowest BCUT2D eigenvalue weighted by atomic mass is 10.1. The molecule has 0 radical (unpaired) electrons. The largest absolute Gasteiger partial charge is 0.364 e. The molecule has 0 saturated carbocycles. The summed E-state index contributed by atoms with van der Waals surface area (Å²) in [6.45, 7) is 8.97. The number of rotatable bonds is 6. The van der Waals surface area contributed by atoms with Crippen LogP contribution in [0.5, 0.6) is 0 Å². The highest BCUT2D eigenvalue weighted by molar-refractivity contribution is 6.01. The third-order valence-corrected chi connectivity index (χ3v) is 5.28. The third kappa shape index (κ3) is 5.25. The number of nitrogens with one attached hydrogen (secondary N) is 1. The Labute approximate surface area is 192 Å². The van der Waals surface area contributed by atoms with Gasteiger partial charge >= 0.3 is 0 Å². The number of amidine groups is 1. The van der Waals surface area contributed by atoms with Gasteiger partial charge in [-0.2, -0.15) is 4.39 Å². The van der Waals surface area contributed by atoms with E-state index in [9.17, 15) is 0 Å². The summed E-state index contributed by atoms with van der Waals surface area (Å²) in [6, 6.07) is 7.63. The average Bonchev–Trinajstić information content (AvgIpc) is 2.83. The van der Waals surface area contributed by atoms with E-state index in [0.29, 0.717) is 25.5 Å². The number of hydrogen-bond acceptors (Lipinski definition) is 7. The van der Waals surface area contributed by atoms with Gasteiger partial charge in [0.1, 0.15) is 6.33 Å². The van der Waals surface area contributed by atoms with Gasteiger partial charge in [0, 0.05) is 61.6 Å². The molecule has 168 valence electrons. The zero-order valence-electron chi connectivity index (χ0n) is 18.7. The Balaban J connectivity index is 1.45. The van der Waals surface area contributed by atoms with Crippen LogP contribution in [0.1, 0.15) is 29.4 Å². The number of aromatic nitrogens is 4. The Morgan fingerprint density at radius 2 is 2.12 bits per heavy atom. The summed E-state index contributed by atoms with van der Waals surface area (Å²) < 4.78 is 15.2. The second-order valence-corrected chi connectivity index (χ2v) is 7.77. The summed E-state index contributed by atoms with van der Waals surface area (Å²) in [4.78, 5) is 27.2. The van der Waals surface area contributed by atoms with Crippen molar-refractivity contribution in [2.24, 2.45) is 9.98 Å². The molecule has 1 N–H and O–H groups in total. The molecule has 0 aliphatic carbocycles. The van der Waals surface area contributed by atoms with Crippen LogP contribution in [0.3, 0.4) is 0 Å². The Morgan fingerprint density at radius 1 is 1.24 bits per heavy atom. The fraction of sp³-hybridized carbons (Fsp3) is 0.250. The van der Waals surface area contributed by atoms with Gasteiger partial charge in [0.15, 0.2) is 17.5 Å². The van der Waals surface area contributed by atoms with E-state index in [1.165, 1.54) is 6.33 Å². The molecule has 0 unspecified atom stereocenters. The van der Waals surface area contributed by atoms with Gasteiger partial charge in [0.25, 0.3) is 0 Å².